The molecule has 3 N–H and O–H groups in total. The van der Waals surface area contributed by atoms with E-state index < -0.39 is 30.2 Å². The van der Waals surface area contributed by atoms with Crippen molar-refractivity contribution in [2.24, 2.45) is 0 Å². The van der Waals surface area contributed by atoms with Crippen LogP contribution in [0, 0.1) is 0 Å². The van der Waals surface area contributed by atoms with Crippen molar-refractivity contribution in [3.05, 3.63) is 77.3 Å². The summed E-state index contributed by atoms with van der Waals surface area (Å²) in [6, 6.07) is 20.0. The van der Waals surface area contributed by atoms with Crippen LogP contribution in [-0.2, 0) is 19.7 Å². The number of anilines is 8. The first-order valence-corrected chi connectivity index (χ1v) is 26.8. The minimum Gasteiger partial charge on any atom is -0.494 e. The number of piperazine rings is 2. The SMILES string of the molecule is CC(C)S(=O)(=O)c1ccccc1Nc1nc(Cl)nc(N2CCN(C)CC2)n1.COc1cc(N2CCC(N3CCN(C)CC3)CC2)ccc1Nc1nc(Cl)nc(Nc2ccccc2S(=O)(=O)C(C)C)n1. The fourth-order valence-corrected chi connectivity index (χ4v) is 10.9. The summed E-state index contributed by atoms with van der Waals surface area (Å²) in [4.78, 5) is 37.7. The highest BCUT2D eigenvalue weighted by atomic mass is 35.5. The average Bonchev–Trinajstić information content (AvgIpc) is 3.32. The van der Waals surface area contributed by atoms with E-state index in [4.69, 9.17) is 27.9 Å². The molecule has 0 atom stereocenters. The maximum absolute atomic E-state index is 12.9. The predicted molar refractivity (Wildman–Crippen MR) is 274 cm³/mol. The summed E-state index contributed by atoms with van der Waals surface area (Å²) in [6.45, 7) is 16.5. The molecular weight excluding hydrogens is 964 g/mol. The van der Waals surface area contributed by atoms with Gasteiger partial charge in [0.1, 0.15) is 5.75 Å². The molecule has 3 aliphatic heterocycles. The quantitative estimate of drug-likeness (QED) is 0.107. The lowest BCUT2D eigenvalue weighted by molar-refractivity contribution is 0.0982. The molecule has 2 aromatic heterocycles. The molecule has 3 fully saturated rings. The number of benzene rings is 3. The van der Waals surface area contributed by atoms with E-state index in [2.05, 4.69) is 85.6 Å². The highest BCUT2D eigenvalue weighted by Gasteiger charge is 2.28. The summed E-state index contributed by atoms with van der Waals surface area (Å²) in [6.07, 6.45) is 2.29. The van der Waals surface area contributed by atoms with Crippen LogP contribution in [0.5, 0.6) is 5.75 Å². The molecule has 0 unspecified atom stereocenters. The standard InChI is InChI=1S/C29H39ClN8O3S.C17H23ClN6O2S/c1-20(2)42(39,40)26-8-6-5-7-24(26)32-29-34-27(30)33-28(35-29)31-23-10-9-22(19-25(23)41-4)37-13-11-21(12-14-37)38-17-15-36(3)16-18-38;1-12(2)27(25,26)14-7-5-4-6-13(14)19-16-20-15(18)21-17(22-16)24-10-8-23(3)9-11-24/h5-10,19-21H,11-18H2,1-4H3,(H2,31,32,33,34,35);4-7,12H,8-11H2,1-3H3,(H,19,20,21,22). The van der Waals surface area contributed by atoms with Gasteiger partial charge in [-0.05, 0) is 114 Å². The van der Waals surface area contributed by atoms with Gasteiger partial charge in [0.2, 0.25) is 34.4 Å². The van der Waals surface area contributed by atoms with E-state index in [1.54, 1.807) is 83.3 Å². The lowest BCUT2D eigenvalue weighted by Crippen LogP contribution is -2.52. The smallest absolute Gasteiger partial charge is 0.233 e. The first kappa shape index (κ1) is 51.7. The number of sulfone groups is 2. The maximum Gasteiger partial charge on any atom is 0.233 e. The van der Waals surface area contributed by atoms with Gasteiger partial charge in [-0.2, -0.15) is 29.9 Å². The number of rotatable bonds is 14. The molecule has 0 bridgehead atoms. The molecule has 19 nitrogen and oxygen atoms in total. The number of methoxy groups -OCH3 is 1. The molecule has 3 aliphatic rings. The van der Waals surface area contributed by atoms with Gasteiger partial charge in [0.05, 0.1) is 44.5 Å². The first-order chi connectivity index (χ1) is 32.9. The van der Waals surface area contributed by atoms with Crippen molar-refractivity contribution in [3.63, 3.8) is 0 Å². The second-order valence-electron chi connectivity index (χ2n) is 17.8. The zero-order valence-corrected chi connectivity index (χ0v) is 43.2. The van der Waals surface area contributed by atoms with E-state index in [9.17, 15) is 16.8 Å². The normalized spacial score (nSPS) is 16.9. The van der Waals surface area contributed by atoms with Crippen LogP contribution in [0.15, 0.2) is 76.5 Å². The molecule has 5 heterocycles. The Morgan fingerprint density at radius 1 is 0.565 bits per heavy atom. The molecule has 3 aromatic carbocycles. The fraction of sp³-hybridized carbons (Fsp3) is 0.478. The third kappa shape index (κ3) is 13.0. The van der Waals surface area contributed by atoms with Crippen LogP contribution in [0.4, 0.5) is 46.5 Å². The minimum atomic E-state index is -3.54. The number of likely N-dealkylation sites (N-methyl/N-ethyl adjacent to an activating group) is 2. The van der Waals surface area contributed by atoms with E-state index in [0.717, 1.165) is 84.0 Å². The first-order valence-electron chi connectivity index (χ1n) is 23.0. The van der Waals surface area contributed by atoms with Crippen molar-refractivity contribution >= 4 is 89.4 Å². The Morgan fingerprint density at radius 2 is 1.03 bits per heavy atom. The van der Waals surface area contributed by atoms with Crippen LogP contribution in [0.3, 0.4) is 0 Å². The number of hydrogen-bond donors (Lipinski definition) is 3. The van der Waals surface area contributed by atoms with Crippen molar-refractivity contribution in [2.75, 3.05) is 112 Å². The molecule has 0 aliphatic carbocycles. The zero-order chi connectivity index (χ0) is 49.5. The molecule has 3 saturated heterocycles. The van der Waals surface area contributed by atoms with Crippen LogP contribution < -0.4 is 30.5 Å². The summed E-state index contributed by atoms with van der Waals surface area (Å²) < 4.78 is 56.7. The third-order valence-electron chi connectivity index (χ3n) is 12.4. The number of nitrogens with one attached hydrogen (secondary N) is 3. The summed E-state index contributed by atoms with van der Waals surface area (Å²) in [5.41, 5.74) is 2.55. The fourth-order valence-electron chi connectivity index (χ4n) is 8.17. The van der Waals surface area contributed by atoms with Crippen LogP contribution in [0.1, 0.15) is 40.5 Å². The molecule has 5 aromatic rings. The Balaban J connectivity index is 0.000000224. The maximum atomic E-state index is 12.9. The Hall–Kier alpha value is -5.16. The number of ether oxygens (including phenoxy) is 1. The second kappa shape index (κ2) is 22.7. The van der Waals surface area contributed by atoms with Gasteiger partial charge in [-0.1, -0.05) is 24.3 Å². The molecule has 0 amide bonds. The summed E-state index contributed by atoms with van der Waals surface area (Å²) in [5.74, 6) is 1.65. The van der Waals surface area contributed by atoms with Crippen molar-refractivity contribution < 1.29 is 21.6 Å². The molecule has 23 heteroatoms. The minimum absolute atomic E-state index is 0.0435. The largest absolute Gasteiger partial charge is 0.494 e. The van der Waals surface area contributed by atoms with Gasteiger partial charge in [0.25, 0.3) is 0 Å². The van der Waals surface area contributed by atoms with Crippen LogP contribution in [0.25, 0.3) is 0 Å². The molecule has 372 valence electrons. The molecular formula is C46H62Cl2N14O5S2. The Bertz CT molecular complexity index is 2770. The monoisotopic (exact) mass is 1020 g/mol. The Kier molecular flexibility index (Phi) is 17.0. The molecule has 0 radical (unpaired) electrons. The summed E-state index contributed by atoms with van der Waals surface area (Å²) in [7, 11) is -1.11. The Labute approximate surface area is 415 Å². The molecule has 0 spiro atoms. The van der Waals surface area contributed by atoms with Crippen molar-refractivity contribution in [1.29, 1.82) is 0 Å². The topological polar surface area (TPSA) is 207 Å². The van der Waals surface area contributed by atoms with E-state index in [1.165, 1.54) is 0 Å². The lowest BCUT2D eigenvalue weighted by Gasteiger charge is -2.42. The summed E-state index contributed by atoms with van der Waals surface area (Å²) >= 11 is 12.3. The van der Waals surface area contributed by atoms with Crippen LogP contribution >= 0.6 is 23.2 Å². The van der Waals surface area contributed by atoms with Crippen molar-refractivity contribution in [1.82, 2.24) is 44.6 Å². The van der Waals surface area contributed by atoms with Gasteiger partial charge >= 0.3 is 0 Å². The highest BCUT2D eigenvalue weighted by molar-refractivity contribution is 7.92. The number of nitrogens with zero attached hydrogens (tertiary/aromatic N) is 11. The molecule has 8 rings (SSSR count). The van der Waals surface area contributed by atoms with Gasteiger partial charge in [-0.3, -0.25) is 4.90 Å². The van der Waals surface area contributed by atoms with Gasteiger partial charge in [-0.25, -0.2) is 16.8 Å². The van der Waals surface area contributed by atoms with E-state index in [-0.39, 0.29) is 38.2 Å². The van der Waals surface area contributed by atoms with E-state index >= 15 is 0 Å². The van der Waals surface area contributed by atoms with Crippen LogP contribution in [0.2, 0.25) is 10.6 Å². The highest BCUT2D eigenvalue weighted by Crippen LogP contribution is 2.34. The zero-order valence-electron chi connectivity index (χ0n) is 40.1. The second-order valence-corrected chi connectivity index (χ2v) is 23.4. The van der Waals surface area contributed by atoms with Gasteiger partial charge in [0.15, 0.2) is 19.7 Å². The number of hydrogen-bond acceptors (Lipinski definition) is 19. The number of aromatic nitrogens is 6. The third-order valence-corrected chi connectivity index (χ3v) is 17.2. The van der Waals surface area contributed by atoms with Crippen molar-refractivity contribution in [3.8, 4) is 5.75 Å². The van der Waals surface area contributed by atoms with Gasteiger partial charge in [0, 0.05) is 83.2 Å². The number of piperidine rings is 1. The van der Waals surface area contributed by atoms with Crippen molar-refractivity contribution in [2.45, 2.75) is 66.9 Å². The molecule has 69 heavy (non-hydrogen) atoms. The van der Waals surface area contributed by atoms with Crippen LogP contribution in [-0.4, -0.2) is 165 Å². The number of para-hydroxylation sites is 2. The predicted octanol–water partition coefficient (Wildman–Crippen LogP) is 6.62. The average molecular weight is 1030 g/mol. The Morgan fingerprint density at radius 3 is 1.54 bits per heavy atom. The van der Waals surface area contributed by atoms with E-state index in [1.807, 2.05) is 17.0 Å². The van der Waals surface area contributed by atoms with Gasteiger partial charge in [-0.15, -0.1) is 0 Å². The summed E-state index contributed by atoms with van der Waals surface area (Å²) in [5, 5.41) is 8.07. The van der Waals surface area contributed by atoms with E-state index in [0.29, 0.717) is 34.8 Å². The lowest BCUT2D eigenvalue weighted by atomic mass is 10.0. The number of halogens is 2. The van der Waals surface area contributed by atoms with Gasteiger partial charge < -0.3 is 40.3 Å². The molecule has 0 saturated carbocycles.